The molecule has 0 spiro atoms. The van der Waals surface area contributed by atoms with Crippen LogP contribution in [0.15, 0.2) is 42.5 Å². The summed E-state index contributed by atoms with van der Waals surface area (Å²) in [6, 6.07) is 11.9. The number of nitrogens with one attached hydrogen (secondary N) is 1. The molecule has 0 heterocycles. The molecule has 5 heteroatoms. The van der Waals surface area contributed by atoms with Gasteiger partial charge in [0.25, 0.3) is 5.91 Å². The van der Waals surface area contributed by atoms with Crippen molar-refractivity contribution in [1.82, 2.24) is 0 Å². The van der Waals surface area contributed by atoms with E-state index >= 15 is 0 Å². The van der Waals surface area contributed by atoms with Gasteiger partial charge in [0.05, 0.1) is 5.56 Å². The van der Waals surface area contributed by atoms with E-state index in [0.717, 1.165) is 6.42 Å². The molecule has 5 nitrogen and oxygen atoms in total. The van der Waals surface area contributed by atoms with Crippen LogP contribution in [0.3, 0.4) is 0 Å². The van der Waals surface area contributed by atoms with Gasteiger partial charge in [-0.25, -0.2) is 4.79 Å². The maximum Gasteiger partial charge on any atom is 0.338 e. The van der Waals surface area contributed by atoms with E-state index in [9.17, 15) is 14.7 Å². The Kier molecular flexibility index (Phi) is 5.36. The van der Waals surface area contributed by atoms with Gasteiger partial charge in [0.1, 0.15) is 5.75 Å². The van der Waals surface area contributed by atoms with E-state index in [1.165, 1.54) is 11.6 Å². The van der Waals surface area contributed by atoms with E-state index in [0.29, 0.717) is 11.3 Å². The Labute approximate surface area is 134 Å². The number of aryl methyl sites for hydroxylation is 2. The second-order valence-electron chi connectivity index (χ2n) is 5.18. The van der Waals surface area contributed by atoms with E-state index in [1.807, 2.05) is 12.1 Å². The van der Waals surface area contributed by atoms with Gasteiger partial charge in [0.2, 0.25) is 0 Å². The quantitative estimate of drug-likeness (QED) is 0.832. The molecule has 2 aromatic rings. The van der Waals surface area contributed by atoms with Gasteiger partial charge in [0.15, 0.2) is 6.61 Å². The number of aromatic hydroxyl groups is 1. The summed E-state index contributed by atoms with van der Waals surface area (Å²) in [6.45, 7) is 3.39. The monoisotopic (exact) mass is 313 g/mol. The van der Waals surface area contributed by atoms with Crippen LogP contribution in [0, 0.1) is 6.92 Å². The predicted octanol–water partition coefficient (Wildman–Crippen LogP) is 3.06. The van der Waals surface area contributed by atoms with Crippen LogP contribution in [0.5, 0.6) is 5.75 Å². The number of ether oxygens (including phenoxy) is 1. The molecule has 2 aromatic carbocycles. The molecular weight excluding hydrogens is 294 g/mol. The van der Waals surface area contributed by atoms with Crippen molar-refractivity contribution in [3.8, 4) is 5.75 Å². The highest BCUT2D eigenvalue weighted by molar-refractivity contribution is 5.95. The molecule has 1 amide bonds. The molecular formula is C18H19NO4. The van der Waals surface area contributed by atoms with Crippen LogP contribution in [0.2, 0.25) is 0 Å². The van der Waals surface area contributed by atoms with Crippen LogP contribution in [0.1, 0.15) is 28.4 Å². The van der Waals surface area contributed by atoms with Crippen molar-refractivity contribution in [2.24, 2.45) is 0 Å². The van der Waals surface area contributed by atoms with Gasteiger partial charge >= 0.3 is 5.97 Å². The lowest BCUT2D eigenvalue weighted by Gasteiger charge is -2.08. The van der Waals surface area contributed by atoms with Crippen LogP contribution in [-0.4, -0.2) is 23.6 Å². The average Bonchev–Trinajstić information content (AvgIpc) is 2.56. The molecule has 0 bridgehead atoms. The van der Waals surface area contributed by atoms with E-state index in [-0.39, 0.29) is 17.9 Å². The highest BCUT2D eigenvalue weighted by Crippen LogP contribution is 2.18. The smallest absolute Gasteiger partial charge is 0.338 e. The third-order valence-electron chi connectivity index (χ3n) is 3.43. The molecule has 2 rings (SSSR count). The molecule has 0 aromatic heterocycles. The van der Waals surface area contributed by atoms with Crippen LogP contribution < -0.4 is 5.32 Å². The lowest BCUT2D eigenvalue weighted by atomic mass is 10.1. The number of anilines is 1. The highest BCUT2D eigenvalue weighted by Gasteiger charge is 2.11. The third-order valence-corrected chi connectivity index (χ3v) is 3.43. The largest absolute Gasteiger partial charge is 0.508 e. The summed E-state index contributed by atoms with van der Waals surface area (Å²) >= 11 is 0. The zero-order valence-corrected chi connectivity index (χ0v) is 13.1. The predicted molar refractivity (Wildman–Crippen MR) is 87.6 cm³/mol. The van der Waals surface area contributed by atoms with Gasteiger partial charge in [-0.05, 0) is 48.7 Å². The summed E-state index contributed by atoms with van der Waals surface area (Å²) in [5, 5.41) is 12.2. The molecule has 0 fully saturated rings. The van der Waals surface area contributed by atoms with E-state index < -0.39 is 11.9 Å². The van der Waals surface area contributed by atoms with Gasteiger partial charge in [-0.1, -0.05) is 25.1 Å². The van der Waals surface area contributed by atoms with E-state index in [2.05, 4.69) is 12.2 Å². The van der Waals surface area contributed by atoms with Crippen molar-refractivity contribution in [3.63, 3.8) is 0 Å². The van der Waals surface area contributed by atoms with Gasteiger partial charge in [0, 0.05) is 5.69 Å². The van der Waals surface area contributed by atoms with Crippen molar-refractivity contribution in [3.05, 3.63) is 59.2 Å². The normalized spacial score (nSPS) is 10.2. The third kappa shape index (κ3) is 4.57. The Morgan fingerprint density at radius 1 is 1.13 bits per heavy atom. The number of carbonyl (C=O) groups excluding carboxylic acids is 2. The average molecular weight is 313 g/mol. The van der Waals surface area contributed by atoms with Crippen LogP contribution in [-0.2, 0) is 16.0 Å². The molecule has 120 valence electrons. The molecule has 2 N–H and O–H groups in total. The molecule has 0 aliphatic heterocycles. The Morgan fingerprint density at radius 2 is 1.83 bits per heavy atom. The van der Waals surface area contributed by atoms with Crippen molar-refractivity contribution in [2.75, 3.05) is 11.9 Å². The summed E-state index contributed by atoms with van der Waals surface area (Å²) in [5.74, 6) is -1.06. The molecule has 0 unspecified atom stereocenters. The summed E-state index contributed by atoms with van der Waals surface area (Å²) in [4.78, 5) is 23.6. The zero-order chi connectivity index (χ0) is 16.8. The van der Waals surface area contributed by atoms with Crippen molar-refractivity contribution >= 4 is 17.6 Å². The number of phenolic OH excluding ortho intramolecular Hbond substituents is 1. The molecule has 0 aliphatic carbocycles. The number of hydrogen-bond donors (Lipinski definition) is 2. The number of amides is 1. The van der Waals surface area contributed by atoms with Crippen LogP contribution in [0.4, 0.5) is 5.69 Å². The summed E-state index contributed by atoms with van der Waals surface area (Å²) in [7, 11) is 0. The SMILES string of the molecule is CCc1ccc(NC(=O)COC(=O)c2ccc(C)c(O)c2)cc1. The molecule has 0 atom stereocenters. The maximum absolute atomic E-state index is 11.8. The number of carbonyl (C=O) groups is 2. The van der Waals surface area contributed by atoms with Gasteiger partial charge in [-0.3, -0.25) is 4.79 Å². The van der Waals surface area contributed by atoms with E-state index in [1.54, 1.807) is 31.2 Å². The first-order valence-corrected chi connectivity index (χ1v) is 7.35. The molecule has 0 radical (unpaired) electrons. The zero-order valence-electron chi connectivity index (χ0n) is 13.1. The van der Waals surface area contributed by atoms with Gasteiger partial charge < -0.3 is 15.2 Å². The second-order valence-corrected chi connectivity index (χ2v) is 5.18. The minimum Gasteiger partial charge on any atom is -0.508 e. The van der Waals surface area contributed by atoms with Crippen molar-refractivity contribution in [2.45, 2.75) is 20.3 Å². The molecule has 0 saturated carbocycles. The molecule has 23 heavy (non-hydrogen) atoms. The van der Waals surface area contributed by atoms with Gasteiger partial charge in [-0.15, -0.1) is 0 Å². The summed E-state index contributed by atoms with van der Waals surface area (Å²) in [6.07, 6.45) is 0.926. The highest BCUT2D eigenvalue weighted by atomic mass is 16.5. The number of benzene rings is 2. The summed E-state index contributed by atoms with van der Waals surface area (Å²) in [5.41, 5.74) is 2.69. The first kappa shape index (κ1) is 16.5. The Morgan fingerprint density at radius 3 is 2.43 bits per heavy atom. The van der Waals surface area contributed by atoms with Crippen molar-refractivity contribution < 1.29 is 19.4 Å². The summed E-state index contributed by atoms with van der Waals surface area (Å²) < 4.78 is 4.94. The number of hydrogen-bond acceptors (Lipinski definition) is 4. The number of esters is 1. The molecule has 0 saturated heterocycles. The number of phenols is 1. The fourth-order valence-corrected chi connectivity index (χ4v) is 1.97. The number of rotatable bonds is 5. The Balaban J connectivity index is 1.87. The van der Waals surface area contributed by atoms with Crippen LogP contribution >= 0.6 is 0 Å². The second kappa shape index (κ2) is 7.45. The van der Waals surface area contributed by atoms with Crippen LogP contribution in [0.25, 0.3) is 0 Å². The fourth-order valence-electron chi connectivity index (χ4n) is 1.97. The topological polar surface area (TPSA) is 75.6 Å². The maximum atomic E-state index is 11.8. The van der Waals surface area contributed by atoms with E-state index in [4.69, 9.17) is 4.74 Å². The lowest BCUT2D eigenvalue weighted by Crippen LogP contribution is -2.20. The Bertz CT molecular complexity index is 707. The standard InChI is InChI=1S/C18H19NO4/c1-3-13-5-8-15(9-6-13)19-17(21)11-23-18(22)14-7-4-12(2)16(20)10-14/h4-10,20H,3,11H2,1-2H3,(H,19,21). The fraction of sp³-hybridized carbons (Fsp3) is 0.222. The van der Waals surface area contributed by atoms with Gasteiger partial charge in [-0.2, -0.15) is 0 Å². The Hall–Kier alpha value is -2.82. The van der Waals surface area contributed by atoms with Crippen molar-refractivity contribution in [1.29, 1.82) is 0 Å². The first-order chi connectivity index (χ1) is 11.0. The minimum atomic E-state index is -0.656. The molecule has 0 aliphatic rings. The lowest BCUT2D eigenvalue weighted by molar-refractivity contribution is -0.119. The first-order valence-electron chi connectivity index (χ1n) is 7.35. The minimum absolute atomic E-state index is 0.0138.